The monoisotopic (exact) mass is 240 g/mol. The second-order valence-electron chi connectivity index (χ2n) is 4.29. The first-order valence-corrected chi connectivity index (χ1v) is 6.11. The molecule has 0 aliphatic rings. The van der Waals surface area contributed by atoms with Gasteiger partial charge in [-0.05, 0) is 25.0 Å². The van der Waals surface area contributed by atoms with Crippen LogP contribution in [0.15, 0.2) is 36.4 Å². The summed E-state index contributed by atoms with van der Waals surface area (Å²) < 4.78 is 0. The van der Waals surface area contributed by atoms with Gasteiger partial charge in [-0.1, -0.05) is 37.3 Å². The van der Waals surface area contributed by atoms with Crippen LogP contribution in [0.4, 0.5) is 0 Å². The summed E-state index contributed by atoms with van der Waals surface area (Å²) in [4.78, 5) is 12.3. The Bertz CT molecular complexity index is 550. The molecule has 0 saturated heterocycles. The van der Waals surface area contributed by atoms with Crippen LogP contribution in [0.2, 0.25) is 0 Å². The van der Waals surface area contributed by atoms with Crippen molar-refractivity contribution in [3.8, 4) is 0 Å². The second-order valence-corrected chi connectivity index (χ2v) is 4.29. The van der Waals surface area contributed by atoms with E-state index >= 15 is 0 Å². The zero-order chi connectivity index (χ0) is 13.0. The molecule has 0 saturated carbocycles. The Labute approximate surface area is 107 Å². The van der Waals surface area contributed by atoms with Crippen molar-refractivity contribution in [2.45, 2.75) is 26.7 Å². The van der Waals surface area contributed by atoms with Crippen LogP contribution < -0.4 is 0 Å². The van der Waals surface area contributed by atoms with Gasteiger partial charge in [0, 0.05) is 12.0 Å². The Morgan fingerprint density at radius 2 is 1.89 bits per heavy atom. The number of carbonyl (C=O) groups excluding carboxylic acids is 1. The predicted octanol–water partition coefficient (Wildman–Crippen LogP) is 2.77. The number of hydrogen-bond donors (Lipinski definition) is 0. The fourth-order valence-electron chi connectivity index (χ4n) is 1.89. The van der Waals surface area contributed by atoms with Gasteiger partial charge in [-0.3, -0.25) is 4.79 Å². The molecule has 18 heavy (non-hydrogen) atoms. The highest BCUT2D eigenvalue weighted by Crippen LogP contribution is 2.12. The Hall–Kier alpha value is -2.03. The number of rotatable bonds is 4. The van der Waals surface area contributed by atoms with Gasteiger partial charge in [-0.2, -0.15) is 10.2 Å². The van der Waals surface area contributed by atoms with Crippen molar-refractivity contribution in [3.63, 3.8) is 0 Å². The van der Waals surface area contributed by atoms with Crippen LogP contribution in [0.1, 0.15) is 34.2 Å². The fraction of sp³-hybridized carbons (Fsp3) is 0.267. The number of Topliss-reactive ketones (excluding diaryl/α,β-unsaturated/α-hetero) is 1. The number of aryl methyl sites for hydroxylation is 2. The van der Waals surface area contributed by atoms with E-state index in [1.165, 1.54) is 0 Å². The summed E-state index contributed by atoms with van der Waals surface area (Å²) in [5.74, 6) is 0.107. The highest BCUT2D eigenvalue weighted by molar-refractivity contribution is 5.98. The number of nitrogens with zero attached hydrogens (tertiary/aromatic N) is 2. The molecule has 92 valence electrons. The highest BCUT2D eigenvalue weighted by atomic mass is 16.1. The van der Waals surface area contributed by atoms with Gasteiger partial charge >= 0.3 is 0 Å². The van der Waals surface area contributed by atoms with E-state index in [9.17, 15) is 4.79 Å². The third-order valence-electron chi connectivity index (χ3n) is 2.84. The number of aromatic nitrogens is 2. The van der Waals surface area contributed by atoms with Crippen molar-refractivity contribution in [3.05, 3.63) is 58.9 Å². The van der Waals surface area contributed by atoms with Crippen molar-refractivity contribution in [1.82, 2.24) is 10.2 Å². The molecule has 3 heteroatoms. The van der Waals surface area contributed by atoms with Crippen LogP contribution in [0, 0.1) is 6.92 Å². The normalized spacial score (nSPS) is 10.3. The van der Waals surface area contributed by atoms with Gasteiger partial charge in [0.25, 0.3) is 0 Å². The maximum atomic E-state index is 12.3. The van der Waals surface area contributed by atoms with Gasteiger partial charge in [0.1, 0.15) is 0 Å². The molecule has 0 N–H and O–H groups in total. The third kappa shape index (κ3) is 2.80. The molecule has 0 amide bonds. The quantitative estimate of drug-likeness (QED) is 0.772. The molecule has 1 heterocycles. The molecule has 0 unspecified atom stereocenters. The maximum Gasteiger partial charge on any atom is 0.169 e. The van der Waals surface area contributed by atoms with Crippen molar-refractivity contribution < 1.29 is 4.79 Å². The molecule has 0 aliphatic carbocycles. The zero-order valence-corrected chi connectivity index (χ0v) is 10.7. The van der Waals surface area contributed by atoms with Crippen LogP contribution in [0.3, 0.4) is 0 Å². The first-order chi connectivity index (χ1) is 8.70. The summed E-state index contributed by atoms with van der Waals surface area (Å²) in [5, 5.41) is 8.09. The average molecular weight is 240 g/mol. The lowest BCUT2D eigenvalue weighted by atomic mass is 10.0. The molecule has 0 radical (unpaired) electrons. The molecule has 0 fully saturated rings. The van der Waals surface area contributed by atoms with Gasteiger partial charge in [0.05, 0.1) is 11.4 Å². The molecular weight excluding hydrogens is 224 g/mol. The van der Waals surface area contributed by atoms with Gasteiger partial charge in [-0.15, -0.1) is 0 Å². The van der Waals surface area contributed by atoms with Crippen LogP contribution >= 0.6 is 0 Å². The van der Waals surface area contributed by atoms with Crippen molar-refractivity contribution in [1.29, 1.82) is 0 Å². The van der Waals surface area contributed by atoms with E-state index in [0.717, 1.165) is 23.4 Å². The minimum absolute atomic E-state index is 0.107. The van der Waals surface area contributed by atoms with Crippen molar-refractivity contribution in [2.75, 3.05) is 0 Å². The van der Waals surface area contributed by atoms with Gasteiger partial charge in [-0.25, -0.2) is 0 Å². The van der Waals surface area contributed by atoms with E-state index in [1.807, 2.05) is 50.2 Å². The minimum Gasteiger partial charge on any atom is -0.294 e. The first kappa shape index (κ1) is 12.4. The Morgan fingerprint density at radius 1 is 1.17 bits per heavy atom. The highest BCUT2D eigenvalue weighted by Gasteiger charge is 2.13. The first-order valence-electron chi connectivity index (χ1n) is 6.11. The van der Waals surface area contributed by atoms with E-state index in [0.29, 0.717) is 12.0 Å². The lowest BCUT2D eigenvalue weighted by Gasteiger charge is -2.06. The maximum absolute atomic E-state index is 12.3. The molecular formula is C15H16N2O. The number of ketones is 1. The number of hydrogen-bond acceptors (Lipinski definition) is 3. The van der Waals surface area contributed by atoms with E-state index in [1.54, 1.807) is 0 Å². The second kappa shape index (κ2) is 5.54. The SMILES string of the molecule is CCc1nnc(C)cc1C(=O)Cc1ccccc1. The van der Waals surface area contributed by atoms with Crippen LogP contribution in [0.5, 0.6) is 0 Å². The van der Waals surface area contributed by atoms with E-state index in [4.69, 9.17) is 0 Å². The standard InChI is InChI=1S/C15H16N2O/c1-3-14-13(9-11(2)16-17-14)15(18)10-12-7-5-4-6-8-12/h4-9H,3,10H2,1-2H3. The average Bonchev–Trinajstić information content (AvgIpc) is 2.40. The smallest absolute Gasteiger partial charge is 0.169 e. The third-order valence-corrected chi connectivity index (χ3v) is 2.84. The molecule has 0 bridgehead atoms. The van der Waals surface area contributed by atoms with E-state index in [-0.39, 0.29) is 5.78 Å². The molecule has 0 aliphatic heterocycles. The predicted molar refractivity (Wildman–Crippen MR) is 70.6 cm³/mol. The molecule has 3 nitrogen and oxygen atoms in total. The van der Waals surface area contributed by atoms with Gasteiger partial charge < -0.3 is 0 Å². The summed E-state index contributed by atoms with van der Waals surface area (Å²) in [6, 6.07) is 11.6. The Kier molecular flexibility index (Phi) is 3.82. The summed E-state index contributed by atoms with van der Waals surface area (Å²) in [6.07, 6.45) is 1.14. The Balaban J connectivity index is 2.26. The number of carbonyl (C=O) groups is 1. The van der Waals surface area contributed by atoms with Crippen molar-refractivity contribution in [2.24, 2.45) is 0 Å². The number of benzene rings is 1. The lowest BCUT2D eigenvalue weighted by Crippen LogP contribution is -2.10. The molecule has 1 aromatic heterocycles. The minimum atomic E-state index is 0.107. The molecule has 1 aromatic carbocycles. The fourth-order valence-corrected chi connectivity index (χ4v) is 1.89. The summed E-state index contributed by atoms with van der Waals surface area (Å²) in [5.41, 5.74) is 3.29. The molecule has 2 rings (SSSR count). The van der Waals surface area contributed by atoms with Crippen LogP contribution in [0.25, 0.3) is 0 Å². The van der Waals surface area contributed by atoms with Gasteiger partial charge in [0.2, 0.25) is 0 Å². The zero-order valence-electron chi connectivity index (χ0n) is 10.7. The molecule has 0 atom stereocenters. The summed E-state index contributed by atoms with van der Waals surface area (Å²) >= 11 is 0. The molecule has 0 spiro atoms. The molecule has 2 aromatic rings. The summed E-state index contributed by atoms with van der Waals surface area (Å²) in [6.45, 7) is 3.84. The largest absolute Gasteiger partial charge is 0.294 e. The summed E-state index contributed by atoms with van der Waals surface area (Å²) in [7, 11) is 0. The van der Waals surface area contributed by atoms with Crippen LogP contribution in [-0.2, 0) is 12.8 Å². The Morgan fingerprint density at radius 3 is 2.56 bits per heavy atom. The van der Waals surface area contributed by atoms with E-state index < -0.39 is 0 Å². The lowest BCUT2D eigenvalue weighted by molar-refractivity contribution is 0.0991. The van der Waals surface area contributed by atoms with E-state index in [2.05, 4.69) is 10.2 Å². The van der Waals surface area contributed by atoms with Gasteiger partial charge in [0.15, 0.2) is 5.78 Å². The van der Waals surface area contributed by atoms with Crippen LogP contribution in [-0.4, -0.2) is 16.0 Å². The topological polar surface area (TPSA) is 42.9 Å². The van der Waals surface area contributed by atoms with Crippen molar-refractivity contribution >= 4 is 5.78 Å².